The van der Waals surface area contributed by atoms with Crippen LogP contribution in [0.5, 0.6) is 5.75 Å². The van der Waals surface area contributed by atoms with Gasteiger partial charge in [-0.05, 0) is 30.9 Å². The SMILES string of the molecule is CCC(=O)Nc1cc(C(=O)C[C@@H]2CCCN(c3ncc(OCC(F)(F)F)cc3Cl)C2)ccn1. The Morgan fingerprint density at radius 1 is 1.30 bits per heavy atom. The first kappa shape index (κ1) is 24.8. The second-order valence-electron chi connectivity index (χ2n) is 7.79. The number of halogens is 4. The number of amides is 1. The average Bonchev–Trinajstić information content (AvgIpc) is 2.77. The second-order valence-corrected chi connectivity index (χ2v) is 8.20. The molecule has 178 valence electrons. The normalized spacial score (nSPS) is 16.4. The van der Waals surface area contributed by atoms with Gasteiger partial charge in [-0.25, -0.2) is 9.97 Å². The van der Waals surface area contributed by atoms with Gasteiger partial charge in [-0.1, -0.05) is 18.5 Å². The van der Waals surface area contributed by atoms with Crippen LogP contribution in [-0.4, -0.2) is 47.5 Å². The molecular weight excluding hydrogens is 461 g/mol. The number of alkyl halides is 3. The molecule has 1 fully saturated rings. The van der Waals surface area contributed by atoms with Crippen molar-refractivity contribution < 1.29 is 27.5 Å². The molecule has 1 aliphatic rings. The molecule has 2 aromatic rings. The van der Waals surface area contributed by atoms with Crippen LogP contribution in [0.15, 0.2) is 30.6 Å². The molecule has 0 aromatic carbocycles. The van der Waals surface area contributed by atoms with Crippen LogP contribution in [0.2, 0.25) is 5.02 Å². The molecule has 0 aliphatic carbocycles. The molecule has 3 rings (SSSR count). The van der Waals surface area contributed by atoms with E-state index in [1.54, 1.807) is 19.1 Å². The van der Waals surface area contributed by atoms with Crippen molar-refractivity contribution in [1.29, 1.82) is 0 Å². The molecule has 0 spiro atoms. The van der Waals surface area contributed by atoms with Crippen molar-refractivity contribution in [2.24, 2.45) is 5.92 Å². The number of piperidine rings is 1. The molecule has 11 heteroatoms. The predicted molar refractivity (Wildman–Crippen MR) is 118 cm³/mol. The molecule has 1 saturated heterocycles. The summed E-state index contributed by atoms with van der Waals surface area (Å²) in [5, 5.41) is 2.83. The molecule has 33 heavy (non-hydrogen) atoms. The van der Waals surface area contributed by atoms with Gasteiger partial charge in [-0.15, -0.1) is 0 Å². The molecule has 7 nitrogen and oxygen atoms in total. The third kappa shape index (κ3) is 7.31. The van der Waals surface area contributed by atoms with Gasteiger partial charge in [0.2, 0.25) is 5.91 Å². The Labute approximate surface area is 194 Å². The molecule has 1 N–H and O–H groups in total. The summed E-state index contributed by atoms with van der Waals surface area (Å²) in [5.74, 6) is 0.518. The maximum atomic E-state index is 12.8. The van der Waals surface area contributed by atoms with E-state index in [0.29, 0.717) is 43.1 Å². The summed E-state index contributed by atoms with van der Waals surface area (Å²) in [5.41, 5.74) is 0.468. The Balaban J connectivity index is 1.62. The summed E-state index contributed by atoms with van der Waals surface area (Å²) in [6.07, 6.45) is 0.515. The number of anilines is 2. The highest BCUT2D eigenvalue weighted by Crippen LogP contribution is 2.32. The van der Waals surface area contributed by atoms with E-state index in [1.165, 1.54) is 18.5 Å². The summed E-state index contributed by atoms with van der Waals surface area (Å²) in [4.78, 5) is 34.6. The van der Waals surface area contributed by atoms with Crippen LogP contribution in [0.25, 0.3) is 0 Å². The smallest absolute Gasteiger partial charge is 0.422 e. The maximum absolute atomic E-state index is 12.8. The number of aromatic nitrogens is 2. The lowest BCUT2D eigenvalue weighted by atomic mass is 9.91. The van der Waals surface area contributed by atoms with Gasteiger partial charge in [0, 0.05) is 43.8 Å². The summed E-state index contributed by atoms with van der Waals surface area (Å²) in [6, 6.07) is 4.49. The molecular formula is C22H24ClF3N4O3. The first-order chi connectivity index (χ1) is 15.6. The summed E-state index contributed by atoms with van der Waals surface area (Å²) in [7, 11) is 0. The van der Waals surface area contributed by atoms with Crippen LogP contribution in [0.4, 0.5) is 24.8 Å². The molecule has 0 bridgehead atoms. The third-order valence-corrected chi connectivity index (χ3v) is 5.44. The number of ketones is 1. The van der Waals surface area contributed by atoms with Crippen LogP contribution < -0.4 is 15.0 Å². The minimum Gasteiger partial charge on any atom is -0.482 e. The van der Waals surface area contributed by atoms with E-state index in [0.717, 1.165) is 12.8 Å². The number of carbonyl (C=O) groups is 2. The Morgan fingerprint density at radius 3 is 2.79 bits per heavy atom. The Morgan fingerprint density at radius 2 is 2.09 bits per heavy atom. The van der Waals surface area contributed by atoms with Crippen LogP contribution in [0.3, 0.4) is 0 Å². The van der Waals surface area contributed by atoms with Crippen molar-refractivity contribution in [3.63, 3.8) is 0 Å². The topological polar surface area (TPSA) is 84.4 Å². The number of ether oxygens (including phenoxy) is 1. The fourth-order valence-corrected chi connectivity index (χ4v) is 3.87. The van der Waals surface area contributed by atoms with Gasteiger partial charge < -0.3 is 15.0 Å². The fraction of sp³-hybridized carbons (Fsp3) is 0.455. The van der Waals surface area contributed by atoms with Crippen molar-refractivity contribution in [1.82, 2.24) is 9.97 Å². The van der Waals surface area contributed by atoms with Gasteiger partial charge in [0.1, 0.15) is 17.4 Å². The van der Waals surface area contributed by atoms with E-state index < -0.39 is 12.8 Å². The molecule has 1 amide bonds. The number of carbonyl (C=O) groups excluding carboxylic acids is 2. The monoisotopic (exact) mass is 484 g/mol. The van der Waals surface area contributed by atoms with Gasteiger partial charge in [0.05, 0.1) is 11.2 Å². The van der Waals surface area contributed by atoms with E-state index in [2.05, 4.69) is 15.3 Å². The standard InChI is InChI=1S/C22H24ClF3N4O3/c1-2-20(32)29-19-9-15(5-6-27-19)18(31)8-14-4-3-7-30(12-14)21-17(23)10-16(11-28-21)33-13-22(24,25)26/h5-6,9-11,14H,2-4,7-8,12-13H2,1H3,(H,27,29,32)/t14-/m0/s1. The van der Waals surface area contributed by atoms with Crippen molar-refractivity contribution in [2.75, 3.05) is 29.9 Å². The zero-order chi connectivity index (χ0) is 24.0. The lowest BCUT2D eigenvalue weighted by Gasteiger charge is -2.34. The number of Topliss-reactive ketones (excluding diaryl/α,β-unsaturated/α-hetero) is 1. The molecule has 1 atom stereocenters. The summed E-state index contributed by atoms with van der Waals surface area (Å²) < 4.78 is 41.7. The Bertz CT molecular complexity index is 1000. The average molecular weight is 485 g/mol. The quantitative estimate of drug-likeness (QED) is 0.536. The van der Waals surface area contributed by atoms with Crippen LogP contribution in [0.1, 0.15) is 43.0 Å². The van der Waals surface area contributed by atoms with Crippen molar-refractivity contribution in [3.05, 3.63) is 41.2 Å². The highest BCUT2D eigenvalue weighted by atomic mass is 35.5. The second kappa shape index (κ2) is 10.8. The lowest BCUT2D eigenvalue weighted by Crippen LogP contribution is -2.37. The Hall–Kier alpha value is -2.88. The van der Waals surface area contributed by atoms with E-state index in [-0.39, 0.29) is 28.4 Å². The van der Waals surface area contributed by atoms with Crippen LogP contribution in [0, 0.1) is 5.92 Å². The number of hydrogen-bond acceptors (Lipinski definition) is 6. The molecule has 2 aromatic heterocycles. The van der Waals surface area contributed by atoms with Gasteiger partial charge in [-0.2, -0.15) is 13.2 Å². The van der Waals surface area contributed by atoms with Gasteiger partial charge in [-0.3, -0.25) is 9.59 Å². The highest BCUT2D eigenvalue weighted by molar-refractivity contribution is 6.33. The Kier molecular flexibility index (Phi) is 8.12. The number of nitrogens with zero attached hydrogens (tertiary/aromatic N) is 3. The fourth-order valence-electron chi connectivity index (χ4n) is 3.60. The largest absolute Gasteiger partial charge is 0.482 e. The van der Waals surface area contributed by atoms with E-state index in [1.807, 2.05) is 4.90 Å². The number of nitrogens with one attached hydrogen (secondary N) is 1. The first-order valence-corrected chi connectivity index (χ1v) is 10.9. The number of rotatable bonds is 8. The molecule has 1 aliphatic heterocycles. The summed E-state index contributed by atoms with van der Waals surface area (Å²) >= 11 is 6.26. The van der Waals surface area contributed by atoms with Crippen molar-refractivity contribution in [3.8, 4) is 5.75 Å². The number of hydrogen-bond donors (Lipinski definition) is 1. The van der Waals surface area contributed by atoms with E-state index in [4.69, 9.17) is 16.3 Å². The molecule has 3 heterocycles. The zero-order valence-corrected chi connectivity index (χ0v) is 18.7. The molecule has 0 unspecified atom stereocenters. The zero-order valence-electron chi connectivity index (χ0n) is 18.0. The molecule has 0 saturated carbocycles. The third-order valence-electron chi connectivity index (χ3n) is 5.16. The van der Waals surface area contributed by atoms with Gasteiger partial charge in [0.15, 0.2) is 12.4 Å². The van der Waals surface area contributed by atoms with Crippen LogP contribution >= 0.6 is 11.6 Å². The maximum Gasteiger partial charge on any atom is 0.422 e. The van der Waals surface area contributed by atoms with Gasteiger partial charge >= 0.3 is 6.18 Å². The minimum absolute atomic E-state index is 0.0483. The number of pyridine rings is 2. The summed E-state index contributed by atoms with van der Waals surface area (Å²) in [6.45, 7) is 1.51. The predicted octanol–water partition coefficient (Wildman–Crippen LogP) is 4.91. The van der Waals surface area contributed by atoms with Crippen LogP contribution in [-0.2, 0) is 4.79 Å². The molecule has 0 radical (unpaired) electrons. The van der Waals surface area contributed by atoms with Gasteiger partial charge in [0.25, 0.3) is 0 Å². The highest BCUT2D eigenvalue weighted by Gasteiger charge is 2.29. The van der Waals surface area contributed by atoms with E-state index in [9.17, 15) is 22.8 Å². The van der Waals surface area contributed by atoms with Crippen molar-refractivity contribution >= 4 is 34.9 Å². The first-order valence-electron chi connectivity index (χ1n) is 10.5. The van der Waals surface area contributed by atoms with Crippen molar-refractivity contribution in [2.45, 2.75) is 38.8 Å². The minimum atomic E-state index is -4.45. The van der Waals surface area contributed by atoms with E-state index >= 15 is 0 Å². The lowest BCUT2D eigenvalue weighted by molar-refractivity contribution is -0.153.